The molecule has 0 amide bonds. The molecule has 1 unspecified atom stereocenters. The lowest BCUT2D eigenvalue weighted by Crippen LogP contribution is -2.31. The molecule has 1 aliphatic heterocycles. The summed E-state index contributed by atoms with van der Waals surface area (Å²) in [4.78, 5) is 9.81. The third-order valence-electron chi connectivity index (χ3n) is 3.64. The van der Waals surface area contributed by atoms with Crippen molar-refractivity contribution >= 4 is 28.1 Å². The lowest BCUT2D eigenvalue weighted by molar-refractivity contribution is 0.415. The second-order valence-electron chi connectivity index (χ2n) is 6.48. The Kier molecular flexibility index (Phi) is 4.47. The second kappa shape index (κ2) is 6.41. The highest BCUT2D eigenvalue weighted by Gasteiger charge is 2.32. The number of benzene rings is 1. The van der Waals surface area contributed by atoms with E-state index in [9.17, 15) is 0 Å². The first kappa shape index (κ1) is 16.7. The summed E-state index contributed by atoms with van der Waals surface area (Å²) in [6.07, 6.45) is 3.22. The van der Waals surface area contributed by atoms with E-state index < -0.39 is 0 Å². The molecule has 0 bridgehead atoms. The number of hydrogen-bond donors (Lipinski definition) is 1. The summed E-state index contributed by atoms with van der Waals surface area (Å²) in [7, 11) is 1.66. The monoisotopic (exact) mass is 343 g/mol. The Balaban J connectivity index is 2.21. The molecular formula is C17H21N5OS. The van der Waals surface area contributed by atoms with Crippen LogP contribution in [0, 0.1) is 5.41 Å². The SMILES string of the molecule is COc1ccc(C2=C(n3cncn3)C(C(C)(C)C)=NC(N)S2)cc1. The van der Waals surface area contributed by atoms with E-state index in [4.69, 9.17) is 10.5 Å². The van der Waals surface area contributed by atoms with Crippen molar-refractivity contribution in [3.63, 3.8) is 0 Å². The number of nitrogens with two attached hydrogens (primary N) is 1. The lowest BCUT2D eigenvalue weighted by atomic mass is 9.87. The van der Waals surface area contributed by atoms with Crippen LogP contribution in [0.5, 0.6) is 5.75 Å². The predicted molar refractivity (Wildman–Crippen MR) is 98.6 cm³/mol. The summed E-state index contributed by atoms with van der Waals surface area (Å²) in [5.41, 5.74) is 8.58. The van der Waals surface area contributed by atoms with Gasteiger partial charge in [0.25, 0.3) is 0 Å². The molecular weight excluding hydrogens is 322 g/mol. The van der Waals surface area contributed by atoms with Crippen molar-refractivity contribution in [2.24, 2.45) is 16.1 Å². The van der Waals surface area contributed by atoms with Gasteiger partial charge in [-0.25, -0.2) is 9.67 Å². The van der Waals surface area contributed by atoms with Crippen LogP contribution >= 0.6 is 11.8 Å². The van der Waals surface area contributed by atoms with Crippen LogP contribution in [0.15, 0.2) is 41.9 Å². The summed E-state index contributed by atoms with van der Waals surface area (Å²) in [5, 5.41) is 4.33. The first-order valence-corrected chi connectivity index (χ1v) is 8.52. The number of rotatable bonds is 3. The maximum Gasteiger partial charge on any atom is 0.149 e. The van der Waals surface area contributed by atoms with Gasteiger partial charge >= 0.3 is 0 Å². The van der Waals surface area contributed by atoms with Crippen molar-refractivity contribution in [2.45, 2.75) is 26.3 Å². The van der Waals surface area contributed by atoms with E-state index in [1.807, 2.05) is 24.3 Å². The predicted octanol–water partition coefficient (Wildman–Crippen LogP) is 3.09. The minimum atomic E-state index is -0.344. The molecule has 7 heteroatoms. The van der Waals surface area contributed by atoms with Gasteiger partial charge in [0.05, 0.1) is 12.8 Å². The van der Waals surface area contributed by atoms with Gasteiger partial charge < -0.3 is 10.5 Å². The van der Waals surface area contributed by atoms with Gasteiger partial charge in [0.2, 0.25) is 0 Å². The van der Waals surface area contributed by atoms with E-state index in [0.29, 0.717) is 0 Å². The summed E-state index contributed by atoms with van der Waals surface area (Å²) >= 11 is 1.52. The third-order valence-corrected chi connectivity index (χ3v) is 4.66. The molecule has 2 heterocycles. The fourth-order valence-corrected chi connectivity index (χ4v) is 3.50. The van der Waals surface area contributed by atoms with Crippen LogP contribution in [0.25, 0.3) is 10.6 Å². The van der Waals surface area contributed by atoms with Gasteiger partial charge in [0.15, 0.2) is 0 Å². The number of hydrogen-bond acceptors (Lipinski definition) is 6. The molecule has 0 spiro atoms. The van der Waals surface area contributed by atoms with E-state index in [-0.39, 0.29) is 10.9 Å². The standard InChI is InChI=1S/C17H21N5OS/c1-17(2,3)15-13(22-10-19-9-20-22)14(24-16(18)21-15)11-5-7-12(23-4)8-6-11/h5-10,16H,18H2,1-4H3. The summed E-state index contributed by atoms with van der Waals surface area (Å²) in [6.45, 7) is 6.37. The maximum atomic E-state index is 6.19. The largest absolute Gasteiger partial charge is 0.497 e. The Morgan fingerprint density at radius 1 is 1.21 bits per heavy atom. The summed E-state index contributed by atoms with van der Waals surface area (Å²) in [5.74, 6) is 0.816. The smallest absolute Gasteiger partial charge is 0.149 e. The highest BCUT2D eigenvalue weighted by atomic mass is 32.2. The maximum absolute atomic E-state index is 6.19. The van der Waals surface area contributed by atoms with Gasteiger partial charge in [-0.1, -0.05) is 44.7 Å². The second-order valence-corrected chi connectivity index (χ2v) is 7.61. The van der Waals surface area contributed by atoms with Crippen LogP contribution < -0.4 is 10.5 Å². The van der Waals surface area contributed by atoms with Gasteiger partial charge in [-0.3, -0.25) is 4.99 Å². The van der Waals surface area contributed by atoms with E-state index in [0.717, 1.165) is 27.6 Å². The van der Waals surface area contributed by atoms with E-state index in [1.54, 1.807) is 18.1 Å². The summed E-state index contributed by atoms with van der Waals surface area (Å²) < 4.78 is 7.02. The average molecular weight is 343 g/mol. The topological polar surface area (TPSA) is 78.3 Å². The van der Waals surface area contributed by atoms with Gasteiger partial charge in [-0.2, -0.15) is 5.10 Å². The fraction of sp³-hybridized carbons (Fsp3) is 0.353. The number of aliphatic imine (C=N–C) groups is 1. The highest BCUT2D eigenvalue weighted by Crippen LogP contribution is 2.42. The van der Waals surface area contributed by atoms with Crippen LogP contribution in [-0.2, 0) is 0 Å². The van der Waals surface area contributed by atoms with E-state index >= 15 is 0 Å². The molecule has 3 rings (SSSR count). The first-order valence-electron chi connectivity index (χ1n) is 7.65. The molecule has 0 fully saturated rings. The van der Waals surface area contributed by atoms with Crippen LogP contribution in [0.2, 0.25) is 0 Å². The third kappa shape index (κ3) is 3.22. The molecule has 0 saturated carbocycles. The number of methoxy groups -OCH3 is 1. The quantitative estimate of drug-likeness (QED) is 0.926. The van der Waals surface area contributed by atoms with Gasteiger partial charge in [-0.05, 0) is 17.7 Å². The molecule has 0 aliphatic carbocycles. The van der Waals surface area contributed by atoms with E-state index in [2.05, 4.69) is 35.8 Å². The van der Waals surface area contributed by atoms with Crippen LogP contribution in [0.4, 0.5) is 0 Å². The lowest BCUT2D eigenvalue weighted by Gasteiger charge is -2.30. The Labute approximate surface area is 145 Å². The minimum Gasteiger partial charge on any atom is -0.497 e. The Morgan fingerprint density at radius 3 is 2.46 bits per heavy atom. The molecule has 1 aromatic carbocycles. The molecule has 0 radical (unpaired) electrons. The molecule has 2 N–H and O–H groups in total. The van der Waals surface area contributed by atoms with Gasteiger partial charge in [0, 0.05) is 10.3 Å². The fourth-order valence-electron chi connectivity index (χ4n) is 2.53. The van der Waals surface area contributed by atoms with Crippen molar-refractivity contribution in [3.8, 4) is 5.75 Å². The number of ether oxygens (including phenoxy) is 1. The molecule has 0 saturated heterocycles. The first-order chi connectivity index (χ1) is 11.4. The molecule has 24 heavy (non-hydrogen) atoms. The van der Waals surface area contributed by atoms with Gasteiger partial charge in [-0.15, -0.1) is 0 Å². The molecule has 1 aliphatic rings. The van der Waals surface area contributed by atoms with Crippen molar-refractivity contribution in [1.29, 1.82) is 0 Å². The molecule has 2 aromatic rings. The normalized spacial score (nSPS) is 18.5. The number of nitrogens with zero attached hydrogens (tertiary/aromatic N) is 4. The van der Waals surface area contributed by atoms with Crippen LogP contribution in [0.1, 0.15) is 26.3 Å². The Hall–Kier alpha value is -2.12. The number of aromatic nitrogens is 3. The van der Waals surface area contributed by atoms with E-state index in [1.165, 1.54) is 18.1 Å². The van der Waals surface area contributed by atoms with Crippen molar-refractivity contribution < 1.29 is 4.74 Å². The highest BCUT2D eigenvalue weighted by molar-refractivity contribution is 8.09. The van der Waals surface area contributed by atoms with Crippen LogP contribution in [-0.4, -0.2) is 33.1 Å². The Bertz CT molecular complexity index is 772. The number of allylic oxidation sites excluding steroid dienone is 1. The zero-order valence-corrected chi connectivity index (χ0v) is 15.0. The molecule has 126 valence electrons. The zero-order chi connectivity index (χ0) is 17.3. The van der Waals surface area contributed by atoms with Crippen LogP contribution in [0.3, 0.4) is 0 Å². The Morgan fingerprint density at radius 2 is 1.92 bits per heavy atom. The number of thioether (sulfide) groups is 1. The van der Waals surface area contributed by atoms with Crippen molar-refractivity contribution in [2.75, 3.05) is 7.11 Å². The molecule has 6 nitrogen and oxygen atoms in total. The molecule has 1 atom stereocenters. The average Bonchev–Trinajstić information content (AvgIpc) is 3.07. The minimum absolute atomic E-state index is 0.169. The van der Waals surface area contributed by atoms with Crippen molar-refractivity contribution in [3.05, 3.63) is 42.5 Å². The zero-order valence-electron chi connectivity index (χ0n) is 14.2. The molecule has 1 aromatic heterocycles. The van der Waals surface area contributed by atoms with Crippen molar-refractivity contribution in [1.82, 2.24) is 14.8 Å². The van der Waals surface area contributed by atoms with Gasteiger partial charge in [0.1, 0.15) is 29.6 Å². The summed E-state index contributed by atoms with van der Waals surface area (Å²) in [6, 6.07) is 7.93.